The average Bonchev–Trinajstić information content (AvgIpc) is 3.23. The fourth-order valence-corrected chi connectivity index (χ4v) is 4.04. The van der Waals surface area contributed by atoms with Gasteiger partial charge in [-0.3, -0.25) is 9.89 Å². The Labute approximate surface area is 172 Å². The summed E-state index contributed by atoms with van der Waals surface area (Å²) in [4.78, 5) is 7.22. The molecule has 1 aliphatic heterocycles. The molecule has 1 fully saturated rings. The number of ether oxygens (including phenoxy) is 1. The Kier molecular flexibility index (Phi) is 8.81. The van der Waals surface area contributed by atoms with Gasteiger partial charge in [-0.1, -0.05) is 30.3 Å². The fraction of sp³-hybridized carbons (Fsp3) is 0.500. The van der Waals surface area contributed by atoms with E-state index in [2.05, 4.69) is 56.4 Å². The van der Waals surface area contributed by atoms with Gasteiger partial charge in [-0.05, 0) is 47.7 Å². The Balaban J connectivity index is 1.36. The molecule has 1 aromatic carbocycles. The molecule has 0 bridgehead atoms. The summed E-state index contributed by atoms with van der Waals surface area (Å²) in [5, 5.41) is 11.4. The van der Waals surface area contributed by atoms with E-state index in [1.807, 2.05) is 18.2 Å². The maximum atomic E-state index is 5.73. The summed E-state index contributed by atoms with van der Waals surface area (Å²) in [6, 6.07) is 13.0. The number of thiophene rings is 1. The van der Waals surface area contributed by atoms with Gasteiger partial charge in [0.25, 0.3) is 0 Å². The van der Waals surface area contributed by atoms with E-state index in [0.717, 1.165) is 45.0 Å². The molecule has 28 heavy (non-hydrogen) atoms. The number of rotatable bonds is 9. The van der Waals surface area contributed by atoms with Crippen molar-refractivity contribution in [3.8, 4) is 0 Å². The Morgan fingerprint density at radius 3 is 2.71 bits per heavy atom. The highest BCUT2D eigenvalue weighted by Gasteiger charge is 2.20. The van der Waals surface area contributed by atoms with Crippen molar-refractivity contribution < 1.29 is 4.74 Å². The Morgan fingerprint density at radius 1 is 1.18 bits per heavy atom. The molecule has 3 rings (SSSR count). The van der Waals surface area contributed by atoms with Crippen LogP contribution in [0.3, 0.4) is 0 Å². The number of benzene rings is 1. The lowest BCUT2D eigenvalue weighted by molar-refractivity contribution is 0.128. The molecule has 0 radical (unpaired) electrons. The van der Waals surface area contributed by atoms with Gasteiger partial charge in [-0.2, -0.15) is 11.3 Å². The van der Waals surface area contributed by atoms with E-state index in [9.17, 15) is 0 Å². The predicted molar refractivity (Wildman–Crippen MR) is 118 cm³/mol. The molecular formula is C22H32N4OS. The van der Waals surface area contributed by atoms with Crippen LogP contribution in [0, 0.1) is 0 Å². The summed E-state index contributed by atoms with van der Waals surface area (Å²) in [7, 11) is 0. The molecular weight excluding hydrogens is 368 g/mol. The molecule has 2 aromatic rings. The van der Waals surface area contributed by atoms with Crippen molar-refractivity contribution in [2.24, 2.45) is 4.99 Å². The van der Waals surface area contributed by atoms with E-state index < -0.39 is 0 Å². The summed E-state index contributed by atoms with van der Waals surface area (Å²) in [5.74, 6) is 0.905. The third kappa shape index (κ3) is 7.26. The van der Waals surface area contributed by atoms with Gasteiger partial charge in [0.15, 0.2) is 5.96 Å². The smallest absolute Gasteiger partial charge is 0.191 e. The number of likely N-dealkylation sites (tertiary alicyclic amines) is 1. The first-order chi connectivity index (χ1) is 13.8. The maximum absolute atomic E-state index is 5.73. The van der Waals surface area contributed by atoms with Crippen molar-refractivity contribution in [3.05, 3.63) is 58.3 Å². The molecule has 1 aromatic heterocycles. The minimum atomic E-state index is 0.488. The molecule has 1 saturated heterocycles. The van der Waals surface area contributed by atoms with Crippen LogP contribution in [-0.4, -0.2) is 49.7 Å². The molecule has 1 aliphatic rings. The predicted octanol–water partition coefficient (Wildman–Crippen LogP) is 3.48. The number of guanidine groups is 1. The molecule has 6 heteroatoms. The first kappa shape index (κ1) is 20.8. The zero-order valence-corrected chi connectivity index (χ0v) is 17.6. The van der Waals surface area contributed by atoms with E-state index in [1.54, 1.807) is 11.3 Å². The third-order valence-electron chi connectivity index (χ3n) is 4.88. The van der Waals surface area contributed by atoms with Crippen LogP contribution in [0.4, 0.5) is 0 Å². The fourth-order valence-electron chi connectivity index (χ4n) is 3.38. The van der Waals surface area contributed by atoms with Crippen LogP contribution >= 0.6 is 11.3 Å². The van der Waals surface area contributed by atoms with Gasteiger partial charge in [-0.15, -0.1) is 0 Å². The summed E-state index contributed by atoms with van der Waals surface area (Å²) in [6.45, 7) is 8.25. The first-order valence-corrected chi connectivity index (χ1v) is 11.2. The summed E-state index contributed by atoms with van der Waals surface area (Å²) >= 11 is 1.78. The lowest BCUT2D eigenvalue weighted by Crippen LogP contribution is -2.48. The Hall–Kier alpha value is -1.89. The van der Waals surface area contributed by atoms with Crippen molar-refractivity contribution in [3.63, 3.8) is 0 Å². The Morgan fingerprint density at radius 2 is 2.00 bits per heavy atom. The van der Waals surface area contributed by atoms with E-state index in [4.69, 9.17) is 4.74 Å². The highest BCUT2D eigenvalue weighted by Crippen LogP contribution is 2.15. The topological polar surface area (TPSA) is 48.9 Å². The highest BCUT2D eigenvalue weighted by atomic mass is 32.1. The number of aliphatic imine (C=N–C) groups is 1. The van der Waals surface area contributed by atoms with Gasteiger partial charge in [0.1, 0.15) is 0 Å². The SMILES string of the molecule is CCNC(=NCCOCc1ccccc1)NC1CCN(Cc2ccsc2)CC1. The maximum Gasteiger partial charge on any atom is 0.191 e. The summed E-state index contributed by atoms with van der Waals surface area (Å²) in [6.07, 6.45) is 2.30. The molecule has 5 nitrogen and oxygen atoms in total. The van der Waals surface area contributed by atoms with Gasteiger partial charge in [0, 0.05) is 32.2 Å². The first-order valence-electron chi connectivity index (χ1n) is 10.2. The van der Waals surface area contributed by atoms with Crippen molar-refractivity contribution in [2.75, 3.05) is 32.8 Å². The summed E-state index contributed by atoms with van der Waals surface area (Å²) < 4.78 is 5.73. The van der Waals surface area contributed by atoms with E-state index in [0.29, 0.717) is 25.8 Å². The van der Waals surface area contributed by atoms with E-state index in [-0.39, 0.29) is 0 Å². The average molecular weight is 401 g/mol. The minimum absolute atomic E-state index is 0.488. The largest absolute Gasteiger partial charge is 0.375 e. The van der Waals surface area contributed by atoms with Gasteiger partial charge in [-0.25, -0.2) is 0 Å². The van der Waals surface area contributed by atoms with E-state index in [1.165, 1.54) is 11.1 Å². The molecule has 0 unspecified atom stereocenters. The number of nitrogens with zero attached hydrogens (tertiary/aromatic N) is 2. The third-order valence-corrected chi connectivity index (χ3v) is 5.61. The molecule has 0 spiro atoms. The molecule has 0 saturated carbocycles. The van der Waals surface area contributed by atoms with Crippen LogP contribution in [0.15, 0.2) is 52.2 Å². The lowest BCUT2D eigenvalue weighted by atomic mass is 10.0. The molecule has 0 aliphatic carbocycles. The quantitative estimate of drug-likeness (QED) is 0.384. The van der Waals surface area contributed by atoms with Gasteiger partial charge >= 0.3 is 0 Å². The zero-order chi connectivity index (χ0) is 19.4. The number of nitrogens with one attached hydrogen (secondary N) is 2. The van der Waals surface area contributed by atoms with Gasteiger partial charge < -0.3 is 15.4 Å². The monoisotopic (exact) mass is 400 g/mol. The lowest BCUT2D eigenvalue weighted by Gasteiger charge is -2.33. The molecule has 152 valence electrons. The second-order valence-electron chi connectivity index (χ2n) is 7.13. The second kappa shape index (κ2) is 11.8. The van der Waals surface area contributed by atoms with Crippen molar-refractivity contribution in [1.29, 1.82) is 0 Å². The molecule has 0 amide bonds. The highest BCUT2D eigenvalue weighted by molar-refractivity contribution is 7.07. The number of hydrogen-bond donors (Lipinski definition) is 2. The standard InChI is InChI=1S/C22H32N4OS/c1-2-23-22(24-11-14-27-17-19-6-4-3-5-7-19)25-21-8-12-26(13-9-21)16-20-10-15-28-18-20/h3-7,10,15,18,21H,2,8-9,11-14,16-17H2,1H3,(H2,23,24,25). The summed E-state index contributed by atoms with van der Waals surface area (Å²) in [5.41, 5.74) is 2.63. The second-order valence-corrected chi connectivity index (χ2v) is 7.91. The van der Waals surface area contributed by atoms with Crippen molar-refractivity contribution >= 4 is 17.3 Å². The van der Waals surface area contributed by atoms with Crippen LogP contribution < -0.4 is 10.6 Å². The van der Waals surface area contributed by atoms with Crippen LogP contribution in [-0.2, 0) is 17.9 Å². The van der Waals surface area contributed by atoms with Gasteiger partial charge in [0.2, 0.25) is 0 Å². The van der Waals surface area contributed by atoms with Crippen molar-refractivity contribution in [2.45, 2.75) is 39.0 Å². The van der Waals surface area contributed by atoms with Crippen LogP contribution in [0.1, 0.15) is 30.9 Å². The van der Waals surface area contributed by atoms with Crippen molar-refractivity contribution in [1.82, 2.24) is 15.5 Å². The van der Waals surface area contributed by atoms with E-state index >= 15 is 0 Å². The molecule has 0 atom stereocenters. The van der Waals surface area contributed by atoms with Gasteiger partial charge in [0.05, 0.1) is 19.8 Å². The normalized spacial score (nSPS) is 16.2. The van der Waals surface area contributed by atoms with Crippen LogP contribution in [0.5, 0.6) is 0 Å². The zero-order valence-electron chi connectivity index (χ0n) is 16.8. The Bertz CT molecular complexity index is 682. The van der Waals surface area contributed by atoms with Crippen LogP contribution in [0.25, 0.3) is 0 Å². The minimum Gasteiger partial charge on any atom is -0.375 e. The number of hydrogen-bond acceptors (Lipinski definition) is 4. The molecule has 2 N–H and O–H groups in total. The molecule has 2 heterocycles. The number of piperidine rings is 1. The van der Waals surface area contributed by atoms with Crippen LogP contribution in [0.2, 0.25) is 0 Å².